The maximum absolute atomic E-state index is 12.9. The van der Waals surface area contributed by atoms with E-state index in [9.17, 15) is 18.0 Å². The van der Waals surface area contributed by atoms with Crippen LogP contribution in [0.1, 0.15) is 54.3 Å². The highest BCUT2D eigenvalue weighted by Crippen LogP contribution is 2.35. The summed E-state index contributed by atoms with van der Waals surface area (Å²) in [5.74, 6) is -0.0115. The van der Waals surface area contributed by atoms with Gasteiger partial charge in [0, 0.05) is 17.5 Å². The third-order valence-corrected chi connectivity index (χ3v) is 6.03. The molecule has 3 rings (SSSR count). The van der Waals surface area contributed by atoms with Gasteiger partial charge in [0.05, 0.1) is 10.4 Å². The van der Waals surface area contributed by atoms with Gasteiger partial charge in [-0.3, -0.25) is 4.79 Å². The quantitative estimate of drug-likeness (QED) is 0.615. The molecule has 0 bridgehead atoms. The van der Waals surface area contributed by atoms with Gasteiger partial charge in [0.15, 0.2) is 0 Å². The fourth-order valence-electron chi connectivity index (χ4n) is 3.56. The first-order valence-electron chi connectivity index (χ1n) is 8.98. The lowest BCUT2D eigenvalue weighted by molar-refractivity contribution is -0.137. The summed E-state index contributed by atoms with van der Waals surface area (Å²) in [4.78, 5) is 16.1. The molecule has 1 saturated carbocycles. The van der Waals surface area contributed by atoms with Gasteiger partial charge in [-0.2, -0.15) is 13.2 Å². The van der Waals surface area contributed by atoms with Gasteiger partial charge in [-0.25, -0.2) is 0 Å². The van der Waals surface area contributed by atoms with Crippen LogP contribution in [-0.4, -0.2) is 23.4 Å². The van der Waals surface area contributed by atoms with Gasteiger partial charge in [-0.15, -0.1) is 11.3 Å². The Morgan fingerprint density at radius 3 is 2.54 bits per heavy atom. The van der Waals surface area contributed by atoms with Gasteiger partial charge >= 0.3 is 6.18 Å². The molecule has 0 saturated heterocycles. The largest absolute Gasteiger partial charge is 0.416 e. The number of alkyl halides is 3. The van der Waals surface area contributed by atoms with Crippen molar-refractivity contribution in [3.63, 3.8) is 0 Å². The van der Waals surface area contributed by atoms with Crippen molar-refractivity contribution in [3.05, 3.63) is 46.8 Å². The summed E-state index contributed by atoms with van der Waals surface area (Å²) in [6.07, 6.45) is 1.21. The van der Waals surface area contributed by atoms with Gasteiger partial charge in [0.2, 0.25) is 0 Å². The van der Waals surface area contributed by atoms with Crippen molar-refractivity contribution in [3.8, 4) is 10.4 Å². The molecule has 1 aromatic heterocycles. The van der Waals surface area contributed by atoms with E-state index in [0.717, 1.165) is 37.8 Å². The van der Waals surface area contributed by atoms with E-state index in [1.807, 2.05) is 11.8 Å². The van der Waals surface area contributed by atoms with E-state index in [1.54, 1.807) is 18.2 Å². The second kappa shape index (κ2) is 7.82. The van der Waals surface area contributed by atoms with Crippen LogP contribution in [0.3, 0.4) is 0 Å². The molecular formula is C20H22F3NOS. The van der Waals surface area contributed by atoms with Crippen LogP contribution in [0.4, 0.5) is 13.2 Å². The zero-order chi connectivity index (χ0) is 18.7. The molecule has 6 heteroatoms. The molecule has 0 unspecified atom stereocenters. The zero-order valence-electron chi connectivity index (χ0n) is 14.7. The van der Waals surface area contributed by atoms with Crippen LogP contribution in [0, 0.1) is 0 Å². The van der Waals surface area contributed by atoms with Crippen LogP contribution in [0.2, 0.25) is 0 Å². The van der Waals surface area contributed by atoms with Crippen LogP contribution in [-0.2, 0) is 6.18 Å². The highest BCUT2D eigenvalue weighted by atomic mass is 32.1. The minimum Gasteiger partial charge on any atom is -0.335 e. The van der Waals surface area contributed by atoms with Crippen molar-refractivity contribution in [2.24, 2.45) is 0 Å². The SMILES string of the molecule is CCN(C(=O)c1ccc(-c2cccc(C(F)(F)F)c2)s1)C1CCCCC1. The Hall–Kier alpha value is -1.82. The summed E-state index contributed by atoms with van der Waals surface area (Å²) in [6.45, 7) is 2.63. The Morgan fingerprint density at radius 2 is 1.88 bits per heavy atom. The zero-order valence-corrected chi connectivity index (χ0v) is 15.5. The Morgan fingerprint density at radius 1 is 1.15 bits per heavy atom. The molecule has 0 radical (unpaired) electrons. The van der Waals surface area contributed by atoms with E-state index in [0.29, 0.717) is 21.9 Å². The monoisotopic (exact) mass is 381 g/mol. The van der Waals surface area contributed by atoms with Gasteiger partial charge < -0.3 is 4.90 Å². The van der Waals surface area contributed by atoms with E-state index >= 15 is 0 Å². The first kappa shape index (κ1) is 19.0. The molecule has 0 spiro atoms. The number of rotatable bonds is 4. The maximum Gasteiger partial charge on any atom is 0.416 e. The lowest BCUT2D eigenvalue weighted by Gasteiger charge is -2.33. The Balaban J connectivity index is 1.81. The van der Waals surface area contributed by atoms with Gasteiger partial charge in [0.1, 0.15) is 0 Å². The predicted molar refractivity (Wildman–Crippen MR) is 98.3 cm³/mol. The lowest BCUT2D eigenvalue weighted by atomic mass is 9.94. The van der Waals surface area contributed by atoms with Gasteiger partial charge in [-0.05, 0) is 49.6 Å². The number of thiophene rings is 1. The molecule has 1 aliphatic carbocycles. The second-order valence-corrected chi connectivity index (χ2v) is 7.71. The lowest BCUT2D eigenvalue weighted by Crippen LogP contribution is -2.40. The van der Waals surface area contributed by atoms with Crippen molar-refractivity contribution in [2.75, 3.05) is 6.54 Å². The average Bonchev–Trinajstić information content (AvgIpc) is 3.13. The Labute approximate surface area is 155 Å². The first-order chi connectivity index (χ1) is 12.4. The molecule has 0 N–H and O–H groups in total. The fourth-order valence-corrected chi connectivity index (χ4v) is 4.52. The summed E-state index contributed by atoms with van der Waals surface area (Å²) in [6, 6.07) is 8.99. The topological polar surface area (TPSA) is 20.3 Å². The van der Waals surface area contributed by atoms with Crippen molar-refractivity contribution in [1.82, 2.24) is 4.90 Å². The summed E-state index contributed by atoms with van der Waals surface area (Å²) in [5.41, 5.74) is -0.182. The number of hydrogen-bond donors (Lipinski definition) is 0. The molecule has 26 heavy (non-hydrogen) atoms. The fraction of sp³-hybridized carbons (Fsp3) is 0.450. The summed E-state index contributed by atoms with van der Waals surface area (Å²) in [5, 5.41) is 0. The standard InChI is InChI=1S/C20H22F3NOS/c1-2-24(16-9-4-3-5-10-16)19(25)18-12-11-17(26-18)14-7-6-8-15(13-14)20(21,22)23/h6-8,11-13,16H,2-5,9-10H2,1H3. The van der Waals surface area contributed by atoms with E-state index in [2.05, 4.69) is 0 Å². The minimum absolute atomic E-state index is 0.0115. The predicted octanol–water partition coefficient (Wildman–Crippen LogP) is 6.23. The van der Waals surface area contributed by atoms with Crippen LogP contribution in [0.15, 0.2) is 36.4 Å². The molecule has 2 nitrogen and oxygen atoms in total. The van der Waals surface area contributed by atoms with Gasteiger partial charge in [0.25, 0.3) is 5.91 Å². The van der Waals surface area contributed by atoms with E-state index in [-0.39, 0.29) is 11.9 Å². The molecular weight excluding hydrogens is 359 g/mol. The van der Waals surface area contributed by atoms with Crippen LogP contribution in [0.25, 0.3) is 10.4 Å². The van der Waals surface area contributed by atoms with Crippen LogP contribution in [0.5, 0.6) is 0 Å². The van der Waals surface area contributed by atoms with Crippen LogP contribution < -0.4 is 0 Å². The Kier molecular flexibility index (Phi) is 5.70. The van der Waals surface area contributed by atoms with Gasteiger partial charge in [-0.1, -0.05) is 31.4 Å². The normalized spacial score (nSPS) is 15.8. The number of hydrogen-bond acceptors (Lipinski definition) is 2. The van der Waals surface area contributed by atoms with Crippen molar-refractivity contribution in [1.29, 1.82) is 0 Å². The first-order valence-corrected chi connectivity index (χ1v) is 9.80. The highest BCUT2D eigenvalue weighted by Gasteiger charge is 2.31. The summed E-state index contributed by atoms with van der Waals surface area (Å²) >= 11 is 1.26. The van der Waals surface area contributed by atoms with Crippen molar-refractivity contribution < 1.29 is 18.0 Å². The molecule has 1 aromatic carbocycles. The number of amides is 1. The third kappa shape index (κ3) is 4.11. The smallest absolute Gasteiger partial charge is 0.335 e. The average molecular weight is 381 g/mol. The number of nitrogens with zero attached hydrogens (tertiary/aromatic N) is 1. The molecule has 1 heterocycles. The molecule has 1 fully saturated rings. The van der Waals surface area contributed by atoms with Crippen molar-refractivity contribution in [2.45, 2.75) is 51.2 Å². The second-order valence-electron chi connectivity index (χ2n) is 6.63. The minimum atomic E-state index is -4.37. The van der Waals surface area contributed by atoms with E-state index in [4.69, 9.17) is 0 Å². The molecule has 1 amide bonds. The molecule has 140 valence electrons. The molecule has 1 aliphatic rings. The molecule has 2 aromatic rings. The van der Waals surface area contributed by atoms with E-state index in [1.165, 1.54) is 23.8 Å². The molecule has 0 atom stereocenters. The summed E-state index contributed by atoms with van der Waals surface area (Å²) in [7, 11) is 0. The third-order valence-electron chi connectivity index (χ3n) is 4.91. The number of carbonyl (C=O) groups is 1. The highest BCUT2D eigenvalue weighted by molar-refractivity contribution is 7.17. The summed E-state index contributed by atoms with van der Waals surface area (Å²) < 4.78 is 38.8. The maximum atomic E-state index is 12.9. The Bertz CT molecular complexity index is 762. The number of benzene rings is 1. The molecule has 0 aliphatic heterocycles. The number of carbonyl (C=O) groups excluding carboxylic acids is 1. The van der Waals surface area contributed by atoms with Crippen molar-refractivity contribution >= 4 is 17.2 Å². The van der Waals surface area contributed by atoms with E-state index < -0.39 is 11.7 Å². The number of halogens is 3. The van der Waals surface area contributed by atoms with Crippen LogP contribution >= 0.6 is 11.3 Å².